The maximum atomic E-state index is 13.9. The molecule has 3 amide bonds. The summed E-state index contributed by atoms with van der Waals surface area (Å²) in [4.78, 5) is 42.4. The van der Waals surface area contributed by atoms with Crippen molar-refractivity contribution in [3.8, 4) is 11.5 Å². The Kier molecular flexibility index (Phi) is 8.68. The van der Waals surface area contributed by atoms with Crippen molar-refractivity contribution < 1.29 is 29.0 Å². The summed E-state index contributed by atoms with van der Waals surface area (Å²) >= 11 is 0. The van der Waals surface area contributed by atoms with Crippen LogP contribution >= 0.6 is 0 Å². The van der Waals surface area contributed by atoms with Crippen LogP contribution in [0.25, 0.3) is 10.8 Å². The molecule has 1 aliphatic heterocycles. The molecule has 0 saturated heterocycles. The summed E-state index contributed by atoms with van der Waals surface area (Å²) in [5.74, 6) is 0.290. The van der Waals surface area contributed by atoms with E-state index in [4.69, 9.17) is 9.47 Å². The van der Waals surface area contributed by atoms with E-state index in [1.54, 1.807) is 57.3 Å². The molecule has 10 heteroatoms. The fraction of sp³-hybridized carbons (Fsp3) is 0.345. The number of rotatable bonds is 9. The molecule has 0 bridgehead atoms. The summed E-state index contributed by atoms with van der Waals surface area (Å²) in [6, 6.07) is 14.9. The Labute approximate surface area is 227 Å². The van der Waals surface area contributed by atoms with Gasteiger partial charge in [0.1, 0.15) is 24.1 Å². The molecular weight excluding hydrogens is 500 g/mol. The zero-order valence-electron chi connectivity index (χ0n) is 22.6. The number of para-hydroxylation sites is 2. The van der Waals surface area contributed by atoms with Crippen LogP contribution in [-0.2, 0) is 16.1 Å². The normalized spacial score (nSPS) is 15.7. The first kappa shape index (κ1) is 27.9. The lowest BCUT2D eigenvalue weighted by Gasteiger charge is -2.27. The topological polar surface area (TPSA) is 120 Å². The summed E-state index contributed by atoms with van der Waals surface area (Å²) in [5, 5.41) is 16.5. The van der Waals surface area contributed by atoms with Crippen LogP contribution in [0.1, 0.15) is 22.8 Å². The van der Waals surface area contributed by atoms with Gasteiger partial charge in [-0.25, -0.2) is 0 Å². The van der Waals surface area contributed by atoms with Gasteiger partial charge in [-0.3, -0.25) is 14.4 Å². The van der Waals surface area contributed by atoms with Gasteiger partial charge in [-0.1, -0.05) is 24.3 Å². The van der Waals surface area contributed by atoms with Crippen LogP contribution in [-0.4, -0.2) is 80.8 Å². The third kappa shape index (κ3) is 5.81. The summed E-state index contributed by atoms with van der Waals surface area (Å²) in [6.07, 6.45) is 0. The van der Waals surface area contributed by atoms with Crippen molar-refractivity contribution in [2.24, 2.45) is 0 Å². The number of anilines is 1. The number of carbonyl (C=O) groups excluding carboxylic acids is 3. The van der Waals surface area contributed by atoms with Crippen molar-refractivity contribution in [3.63, 3.8) is 0 Å². The third-order valence-corrected chi connectivity index (χ3v) is 6.92. The molecule has 2 atom stereocenters. The van der Waals surface area contributed by atoms with Gasteiger partial charge in [0.2, 0.25) is 5.91 Å². The van der Waals surface area contributed by atoms with Crippen LogP contribution < -0.4 is 25.0 Å². The van der Waals surface area contributed by atoms with Gasteiger partial charge in [0.05, 0.1) is 32.0 Å². The first-order valence-corrected chi connectivity index (χ1v) is 12.8. The highest BCUT2D eigenvalue weighted by molar-refractivity contribution is 6.03. The summed E-state index contributed by atoms with van der Waals surface area (Å²) in [5.41, 5.74) is 1.81. The van der Waals surface area contributed by atoms with Crippen molar-refractivity contribution in [1.82, 2.24) is 15.5 Å². The average Bonchev–Trinajstić information content (AvgIpc) is 3.08. The van der Waals surface area contributed by atoms with Crippen LogP contribution in [0.4, 0.5) is 5.69 Å². The van der Waals surface area contributed by atoms with Gasteiger partial charge in [-0.15, -0.1) is 0 Å². The first-order valence-electron chi connectivity index (χ1n) is 12.8. The smallest absolute Gasteiger partial charge is 0.253 e. The lowest BCUT2D eigenvalue weighted by Crippen LogP contribution is -2.53. The molecule has 0 unspecified atom stereocenters. The Morgan fingerprint density at radius 3 is 2.69 bits per heavy atom. The number of carbonyl (C=O) groups is 3. The first-order chi connectivity index (χ1) is 18.8. The van der Waals surface area contributed by atoms with E-state index in [1.165, 1.54) is 4.90 Å². The van der Waals surface area contributed by atoms with Gasteiger partial charge < -0.3 is 35.0 Å². The monoisotopic (exact) mass is 534 g/mol. The molecule has 0 aliphatic carbocycles. The maximum absolute atomic E-state index is 13.9. The molecule has 0 fully saturated rings. The number of fused-ring (bicyclic) bond motifs is 2. The minimum Gasteiger partial charge on any atom is -0.496 e. The Balaban J connectivity index is 1.75. The van der Waals surface area contributed by atoms with Crippen LogP contribution in [0.2, 0.25) is 0 Å². The zero-order valence-corrected chi connectivity index (χ0v) is 22.6. The highest BCUT2D eigenvalue weighted by Crippen LogP contribution is 2.36. The SMILES string of the molecule is CN[C@@H](C)C(=O)N[C@H]1COc2ccccc2N(Cc2c(OC)ccc3cc(C(=O)N(C)CCO)ccc23)C1=O. The van der Waals surface area contributed by atoms with E-state index in [-0.39, 0.29) is 44.0 Å². The molecule has 0 radical (unpaired) electrons. The van der Waals surface area contributed by atoms with E-state index in [1.807, 2.05) is 30.3 Å². The van der Waals surface area contributed by atoms with Gasteiger partial charge >= 0.3 is 0 Å². The van der Waals surface area contributed by atoms with Crippen molar-refractivity contribution >= 4 is 34.2 Å². The number of methoxy groups -OCH3 is 1. The lowest BCUT2D eigenvalue weighted by molar-refractivity contribution is -0.129. The van der Waals surface area contributed by atoms with E-state index >= 15 is 0 Å². The third-order valence-electron chi connectivity index (χ3n) is 6.92. The Hall–Kier alpha value is -4.15. The molecule has 3 aromatic carbocycles. The number of hydrogen-bond acceptors (Lipinski definition) is 7. The Morgan fingerprint density at radius 2 is 1.97 bits per heavy atom. The summed E-state index contributed by atoms with van der Waals surface area (Å²) in [6.45, 7) is 1.96. The molecule has 206 valence electrons. The molecule has 0 aromatic heterocycles. The van der Waals surface area contributed by atoms with E-state index < -0.39 is 12.1 Å². The van der Waals surface area contributed by atoms with Gasteiger partial charge in [0, 0.05) is 24.7 Å². The molecule has 4 rings (SSSR count). The van der Waals surface area contributed by atoms with Crippen molar-refractivity contribution in [2.45, 2.75) is 25.6 Å². The number of likely N-dealkylation sites (N-methyl/N-ethyl adjacent to an activating group) is 2. The standard InChI is InChI=1S/C29H34N4O6/c1-18(30-2)27(35)31-23-17-39-26-8-6-5-7-24(26)33(29(23)37)16-22-21-11-9-20(28(36)32(3)13-14-34)15-19(21)10-12-25(22)38-4/h5-12,15,18,23,30,34H,13-14,16-17H2,1-4H3,(H,31,35)/t18-,23-/m0/s1. The Bertz CT molecular complexity index is 1380. The van der Waals surface area contributed by atoms with Gasteiger partial charge in [0.25, 0.3) is 11.8 Å². The average molecular weight is 535 g/mol. The van der Waals surface area contributed by atoms with Gasteiger partial charge in [0.15, 0.2) is 0 Å². The minimum atomic E-state index is -0.895. The van der Waals surface area contributed by atoms with Crippen LogP contribution in [0.5, 0.6) is 11.5 Å². The highest BCUT2D eigenvalue weighted by Gasteiger charge is 2.34. The van der Waals surface area contributed by atoms with E-state index in [9.17, 15) is 19.5 Å². The number of nitrogens with zero attached hydrogens (tertiary/aromatic N) is 2. The fourth-order valence-electron chi connectivity index (χ4n) is 4.54. The van der Waals surface area contributed by atoms with Crippen molar-refractivity contribution in [2.75, 3.05) is 45.9 Å². The number of aliphatic hydroxyl groups excluding tert-OH is 1. The molecule has 1 aliphatic rings. The number of nitrogens with one attached hydrogen (secondary N) is 2. The number of amides is 3. The zero-order chi connectivity index (χ0) is 28.1. The summed E-state index contributed by atoms with van der Waals surface area (Å²) in [7, 11) is 4.88. The number of benzene rings is 3. The maximum Gasteiger partial charge on any atom is 0.253 e. The van der Waals surface area contributed by atoms with Gasteiger partial charge in [-0.05, 0) is 55.1 Å². The van der Waals surface area contributed by atoms with Crippen molar-refractivity contribution in [3.05, 3.63) is 65.7 Å². The van der Waals surface area contributed by atoms with Crippen LogP contribution in [0.15, 0.2) is 54.6 Å². The molecular formula is C29H34N4O6. The van der Waals surface area contributed by atoms with E-state index in [2.05, 4.69) is 10.6 Å². The fourth-order valence-corrected chi connectivity index (χ4v) is 4.54. The minimum absolute atomic E-state index is 0.00593. The van der Waals surface area contributed by atoms with Crippen LogP contribution in [0.3, 0.4) is 0 Å². The second kappa shape index (κ2) is 12.1. The molecule has 3 aromatic rings. The number of hydrogen-bond donors (Lipinski definition) is 3. The Morgan fingerprint density at radius 1 is 1.21 bits per heavy atom. The predicted molar refractivity (Wildman–Crippen MR) is 148 cm³/mol. The molecule has 3 N–H and O–H groups in total. The molecule has 39 heavy (non-hydrogen) atoms. The van der Waals surface area contributed by atoms with E-state index in [0.717, 1.165) is 16.3 Å². The highest BCUT2D eigenvalue weighted by atomic mass is 16.5. The molecule has 10 nitrogen and oxygen atoms in total. The molecule has 0 saturated carbocycles. The summed E-state index contributed by atoms with van der Waals surface area (Å²) < 4.78 is 11.6. The van der Waals surface area contributed by atoms with Crippen molar-refractivity contribution in [1.29, 1.82) is 0 Å². The second-order valence-electron chi connectivity index (χ2n) is 9.41. The van der Waals surface area contributed by atoms with E-state index in [0.29, 0.717) is 22.7 Å². The van der Waals surface area contributed by atoms with Gasteiger partial charge in [-0.2, -0.15) is 0 Å². The van der Waals surface area contributed by atoms with Crippen LogP contribution in [0, 0.1) is 0 Å². The molecule has 0 spiro atoms. The second-order valence-corrected chi connectivity index (χ2v) is 9.41. The number of aliphatic hydroxyl groups is 1. The predicted octanol–water partition coefficient (Wildman–Crippen LogP) is 1.93. The largest absolute Gasteiger partial charge is 0.496 e. The lowest BCUT2D eigenvalue weighted by atomic mass is 9.99. The quantitative estimate of drug-likeness (QED) is 0.384. The number of ether oxygens (including phenoxy) is 2. The molecule has 1 heterocycles.